The Bertz CT molecular complexity index is 393. The Kier molecular flexibility index (Phi) is 4.37. The van der Waals surface area contributed by atoms with Gasteiger partial charge in [0.2, 0.25) is 0 Å². The predicted octanol–water partition coefficient (Wildman–Crippen LogP) is 2.21. The van der Waals surface area contributed by atoms with Crippen LogP contribution in [0.1, 0.15) is 35.7 Å². The van der Waals surface area contributed by atoms with Crippen molar-refractivity contribution in [1.82, 2.24) is 10.2 Å². The first-order valence-corrected chi connectivity index (χ1v) is 6.80. The summed E-state index contributed by atoms with van der Waals surface area (Å²) >= 11 is 0. The van der Waals surface area contributed by atoms with E-state index >= 15 is 0 Å². The monoisotopic (exact) mass is 246 g/mol. The van der Waals surface area contributed by atoms with Crippen molar-refractivity contribution in [3.63, 3.8) is 0 Å². The molecule has 0 aromatic heterocycles. The summed E-state index contributed by atoms with van der Waals surface area (Å²) in [4.78, 5) is 14.5. The third-order valence-electron chi connectivity index (χ3n) is 3.61. The van der Waals surface area contributed by atoms with E-state index in [2.05, 4.69) is 12.2 Å². The van der Waals surface area contributed by atoms with Crippen molar-refractivity contribution in [2.75, 3.05) is 19.6 Å². The maximum atomic E-state index is 12.5. The fourth-order valence-electron chi connectivity index (χ4n) is 2.53. The van der Waals surface area contributed by atoms with Gasteiger partial charge in [-0.2, -0.15) is 0 Å². The van der Waals surface area contributed by atoms with Crippen LogP contribution in [-0.2, 0) is 0 Å². The molecule has 18 heavy (non-hydrogen) atoms. The summed E-state index contributed by atoms with van der Waals surface area (Å²) in [6, 6.07) is 8.20. The zero-order chi connectivity index (χ0) is 13.0. The second-order valence-electron chi connectivity index (χ2n) is 4.96. The van der Waals surface area contributed by atoms with Crippen LogP contribution in [0.2, 0.25) is 0 Å². The SMILES string of the molecule is CCN(C(=O)c1ccc(C)cc1)C1CCCNC1. The van der Waals surface area contributed by atoms with Crippen molar-refractivity contribution in [3.05, 3.63) is 35.4 Å². The minimum absolute atomic E-state index is 0.159. The summed E-state index contributed by atoms with van der Waals surface area (Å²) in [6.45, 7) is 6.87. The normalized spacial score (nSPS) is 19.6. The Labute approximate surface area is 109 Å². The van der Waals surface area contributed by atoms with E-state index in [9.17, 15) is 4.79 Å². The first-order chi connectivity index (χ1) is 8.72. The van der Waals surface area contributed by atoms with Crippen LogP contribution in [0.25, 0.3) is 0 Å². The summed E-state index contributed by atoms with van der Waals surface area (Å²) in [6.07, 6.45) is 2.26. The molecular formula is C15H22N2O. The molecule has 1 unspecified atom stereocenters. The minimum atomic E-state index is 0.159. The highest BCUT2D eigenvalue weighted by atomic mass is 16.2. The van der Waals surface area contributed by atoms with E-state index in [-0.39, 0.29) is 5.91 Å². The van der Waals surface area contributed by atoms with Gasteiger partial charge in [-0.15, -0.1) is 0 Å². The molecule has 1 amide bonds. The number of carbonyl (C=O) groups is 1. The molecule has 1 aromatic carbocycles. The lowest BCUT2D eigenvalue weighted by Gasteiger charge is -2.34. The predicted molar refractivity (Wildman–Crippen MR) is 73.8 cm³/mol. The van der Waals surface area contributed by atoms with Crippen LogP contribution in [0.3, 0.4) is 0 Å². The number of likely N-dealkylation sites (N-methyl/N-ethyl adjacent to an activating group) is 1. The third-order valence-corrected chi connectivity index (χ3v) is 3.61. The fraction of sp³-hybridized carbons (Fsp3) is 0.533. The average Bonchev–Trinajstić information content (AvgIpc) is 2.41. The van der Waals surface area contributed by atoms with Crippen LogP contribution in [0.15, 0.2) is 24.3 Å². The van der Waals surface area contributed by atoms with Crippen molar-refractivity contribution in [1.29, 1.82) is 0 Å². The smallest absolute Gasteiger partial charge is 0.254 e. The molecule has 1 fully saturated rings. The Morgan fingerprint density at radius 2 is 2.11 bits per heavy atom. The van der Waals surface area contributed by atoms with Crippen LogP contribution < -0.4 is 5.32 Å². The van der Waals surface area contributed by atoms with Gasteiger partial charge in [-0.05, 0) is 45.4 Å². The van der Waals surface area contributed by atoms with Crippen LogP contribution >= 0.6 is 0 Å². The number of aryl methyl sites for hydroxylation is 1. The highest BCUT2D eigenvalue weighted by molar-refractivity contribution is 5.94. The van der Waals surface area contributed by atoms with Crippen LogP contribution in [-0.4, -0.2) is 36.5 Å². The van der Waals surface area contributed by atoms with Crippen molar-refractivity contribution < 1.29 is 4.79 Å². The number of amides is 1. The summed E-state index contributed by atoms with van der Waals surface area (Å²) in [5.74, 6) is 0.159. The molecule has 1 atom stereocenters. The Morgan fingerprint density at radius 3 is 2.67 bits per heavy atom. The molecule has 2 rings (SSSR count). The van der Waals surface area contributed by atoms with E-state index in [1.165, 1.54) is 5.56 Å². The molecule has 1 aromatic rings. The van der Waals surface area contributed by atoms with Crippen LogP contribution in [0, 0.1) is 6.92 Å². The molecule has 0 aliphatic carbocycles. The molecule has 1 N–H and O–H groups in total. The van der Waals surface area contributed by atoms with Crippen molar-refractivity contribution in [2.45, 2.75) is 32.7 Å². The number of nitrogens with zero attached hydrogens (tertiary/aromatic N) is 1. The van der Waals surface area contributed by atoms with E-state index in [1.807, 2.05) is 36.1 Å². The Hall–Kier alpha value is -1.35. The van der Waals surface area contributed by atoms with Crippen LogP contribution in [0.4, 0.5) is 0 Å². The number of hydrogen-bond acceptors (Lipinski definition) is 2. The largest absolute Gasteiger partial charge is 0.335 e. The highest BCUT2D eigenvalue weighted by Crippen LogP contribution is 2.14. The standard InChI is InChI=1S/C15H22N2O/c1-3-17(14-5-4-10-16-11-14)15(18)13-8-6-12(2)7-9-13/h6-9,14,16H,3-5,10-11H2,1-2H3. The van der Waals surface area contributed by atoms with Crippen molar-refractivity contribution in [2.24, 2.45) is 0 Å². The maximum Gasteiger partial charge on any atom is 0.254 e. The number of rotatable bonds is 3. The van der Waals surface area contributed by atoms with E-state index in [0.717, 1.165) is 38.0 Å². The zero-order valence-electron chi connectivity index (χ0n) is 11.3. The van der Waals surface area contributed by atoms with Gasteiger partial charge < -0.3 is 10.2 Å². The van der Waals surface area contributed by atoms with Crippen LogP contribution in [0.5, 0.6) is 0 Å². The molecule has 1 aliphatic heterocycles. The van der Waals surface area contributed by atoms with Crippen molar-refractivity contribution in [3.8, 4) is 0 Å². The van der Waals surface area contributed by atoms with Gasteiger partial charge in [-0.3, -0.25) is 4.79 Å². The lowest BCUT2D eigenvalue weighted by atomic mass is 10.0. The van der Waals surface area contributed by atoms with Gasteiger partial charge in [-0.25, -0.2) is 0 Å². The topological polar surface area (TPSA) is 32.3 Å². The summed E-state index contributed by atoms with van der Waals surface area (Å²) in [7, 11) is 0. The van der Waals surface area contributed by atoms with Gasteiger partial charge in [0.25, 0.3) is 5.91 Å². The summed E-state index contributed by atoms with van der Waals surface area (Å²) in [5, 5.41) is 3.37. The molecular weight excluding hydrogens is 224 g/mol. The van der Waals surface area contributed by atoms with Gasteiger partial charge in [0.1, 0.15) is 0 Å². The number of piperidine rings is 1. The van der Waals surface area contributed by atoms with Crippen molar-refractivity contribution >= 4 is 5.91 Å². The van der Waals surface area contributed by atoms with Gasteiger partial charge in [0.15, 0.2) is 0 Å². The summed E-state index contributed by atoms with van der Waals surface area (Å²) < 4.78 is 0. The number of nitrogens with one attached hydrogen (secondary N) is 1. The molecule has 3 nitrogen and oxygen atoms in total. The van der Waals surface area contributed by atoms with Gasteiger partial charge in [-0.1, -0.05) is 17.7 Å². The minimum Gasteiger partial charge on any atom is -0.335 e. The lowest BCUT2D eigenvalue weighted by molar-refractivity contribution is 0.0662. The first kappa shape index (κ1) is 13.1. The molecule has 0 radical (unpaired) electrons. The maximum absolute atomic E-state index is 12.5. The molecule has 1 saturated heterocycles. The lowest BCUT2D eigenvalue weighted by Crippen LogP contribution is -2.48. The second kappa shape index (κ2) is 6.01. The average molecular weight is 246 g/mol. The molecule has 0 spiro atoms. The Morgan fingerprint density at radius 1 is 1.39 bits per heavy atom. The molecule has 98 valence electrons. The highest BCUT2D eigenvalue weighted by Gasteiger charge is 2.24. The molecule has 0 bridgehead atoms. The van der Waals surface area contributed by atoms with Gasteiger partial charge >= 0.3 is 0 Å². The number of benzene rings is 1. The molecule has 1 aliphatic rings. The van der Waals surface area contributed by atoms with E-state index in [4.69, 9.17) is 0 Å². The summed E-state index contributed by atoms with van der Waals surface area (Å²) in [5.41, 5.74) is 1.99. The molecule has 0 saturated carbocycles. The zero-order valence-corrected chi connectivity index (χ0v) is 11.3. The van der Waals surface area contributed by atoms with E-state index in [1.54, 1.807) is 0 Å². The van der Waals surface area contributed by atoms with E-state index < -0.39 is 0 Å². The number of hydrogen-bond donors (Lipinski definition) is 1. The third kappa shape index (κ3) is 2.91. The quantitative estimate of drug-likeness (QED) is 0.887. The van der Waals surface area contributed by atoms with E-state index in [0.29, 0.717) is 6.04 Å². The Balaban J connectivity index is 2.11. The number of carbonyl (C=O) groups excluding carboxylic acids is 1. The van der Waals surface area contributed by atoms with Gasteiger partial charge in [0, 0.05) is 24.7 Å². The first-order valence-electron chi connectivity index (χ1n) is 6.80. The second-order valence-corrected chi connectivity index (χ2v) is 4.96. The fourth-order valence-corrected chi connectivity index (χ4v) is 2.53. The molecule has 1 heterocycles. The molecule has 3 heteroatoms. The van der Waals surface area contributed by atoms with Gasteiger partial charge in [0.05, 0.1) is 0 Å².